The van der Waals surface area contributed by atoms with Gasteiger partial charge >= 0.3 is 0 Å². The van der Waals surface area contributed by atoms with Crippen LogP contribution in [-0.2, 0) is 6.54 Å². The molecule has 86 valence electrons. The fourth-order valence-corrected chi connectivity index (χ4v) is 1.94. The molecule has 0 fully saturated rings. The summed E-state index contributed by atoms with van der Waals surface area (Å²) in [5.74, 6) is 0. The summed E-state index contributed by atoms with van der Waals surface area (Å²) in [6.07, 6.45) is 9.21. The van der Waals surface area contributed by atoms with Gasteiger partial charge in [-0.2, -0.15) is 0 Å². The first-order chi connectivity index (χ1) is 7.86. The molecule has 0 aromatic heterocycles. The smallest absolute Gasteiger partial charge is 0.0291 e. The third-order valence-corrected chi connectivity index (χ3v) is 2.98. The molecule has 16 heavy (non-hydrogen) atoms. The molecule has 1 nitrogen and oxygen atoms in total. The number of allylic oxidation sites excluding steroid dienone is 2. The van der Waals surface area contributed by atoms with Gasteiger partial charge < -0.3 is 5.32 Å². The molecular formula is C15H21N. The van der Waals surface area contributed by atoms with E-state index >= 15 is 0 Å². The zero-order chi connectivity index (χ0) is 11.2. The van der Waals surface area contributed by atoms with Gasteiger partial charge in [-0.05, 0) is 30.9 Å². The highest BCUT2D eigenvalue weighted by Crippen LogP contribution is 2.13. The average Bonchev–Trinajstić information content (AvgIpc) is 2.38. The van der Waals surface area contributed by atoms with E-state index in [1.54, 1.807) is 0 Å². The highest BCUT2D eigenvalue weighted by molar-refractivity contribution is 5.27. The molecule has 1 aromatic rings. The van der Waals surface area contributed by atoms with Crippen molar-refractivity contribution in [2.45, 2.75) is 32.4 Å². The lowest BCUT2D eigenvalue weighted by atomic mass is 10.0. The van der Waals surface area contributed by atoms with Gasteiger partial charge in [-0.15, -0.1) is 0 Å². The van der Waals surface area contributed by atoms with Crippen molar-refractivity contribution >= 4 is 0 Å². The summed E-state index contributed by atoms with van der Waals surface area (Å²) in [4.78, 5) is 0. The Morgan fingerprint density at radius 1 is 1.25 bits per heavy atom. The van der Waals surface area contributed by atoms with Gasteiger partial charge in [0.1, 0.15) is 0 Å². The molecule has 0 heterocycles. The molecule has 0 bridgehead atoms. The fraction of sp³-hybridized carbons (Fsp3) is 0.333. The topological polar surface area (TPSA) is 12.0 Å². The Morgan fingerprint density at radius 2 is 2.06 bits per heavy atom. The molecule has 1 atom stereocenters. The molecule has 1 heteroatoms. The van der Waals surface area contributed by atoms with E-state index in [0.29, 0.717) is 6.04 Å². The molecule has 1 N–H and O–H groups in total. The summed E-state index contributed by atoms with van der Waals surface area (Å²) >= 11 is 0. The Balaban J connectivity index is 0.00000144. The van der Waals surface area contributed by atoms with E-state index in [1.807, 2.05) is 0 Å². The standard InChI is InChI=1S/C15H19N.H2/c1-13(15-10-6-3-7-11-15)16-12-14-8-4-2-5-9-14;/h2,4-6,8-11,13,16H,3,7,12H2,1H3;1H/t13-;/m1./s1. The van der Waals surface area contributed by atoms with Gasteiger partial charge in [0, 0.05) is 14.0 Å². The second-order valence-corrected chi connectivity index (χ2v) is 4.27. The molecule has 0 aliphatic heterocycles. The van der Waals surface area contributed by atoms with Crippen LogP contribution in [0.5, 0.6) is 0 Å². The largest absolute Gasteiger partial charge is 0.306 e. The highest BCUT2D eigenvalue weighted by Gasteiger charge is 2.06. The molecule has 1 aliphatic carbocycles. The van der Waals surface area contributed by atoms with E-state index in [9.17, 15) is 0 Å². The lowest BCUT2D eigenvalue weighted by Gasteiger charge is -2.17. The maximum absolute atomic E-state index is 3.55. The summed E-state index contributed by atoms with van der Waals surface area (Å²) in [6.45, 7) is 3.16. The summed E-state index contributed by atoms with van der Waals surface area (Å²) in [5, 5.41) is 3.55. The van der Waals surface area contributed by atoms with Gasteiger partial charge in [0.2, 0.25) is 0 Å². The van der Waals surface area contributed by atoms with Crippen LogP contribution < -0.4 is 5.32 Å². The third-order valence-electron chi connectivity index (χ3n) is 2.98. The normalized spacial score (nSPS) is 16.9. The second-order valence-electron chi connectivity index (χ2n) is 4.27. The number of hydrogen-bond donors (Lipinski definition) is 1. The van der Waals surface area contributed by atoms with Crippen molar-refractivity contribution in [2.75, 3.05) is 0 Å². The minimum atomic E-state index is 0. The molecule has 2 rings (SSSR count). The lowest BCUT2D eigenvalue weighted by molar-refractivity contribution is 0.613. The van der Waals surface area contributed by atoms with Crippen molar-refractivity contribution < 1.29 is 1.43 Å². The Morgan fingerprint density at radius 3 is 2.75 bits per heavy atom. The van der Waals surface area contributed by atoms with Crippen LogP contribution in [0.25, 0.3) is 0 Å². The molecule has 1 aromatic carbocycles. The van der Waals surface area contributed by atoms with E-state index in [1.165, 1.54) is 24.0 Å². The second kappa shape index (κ2) is 5.66. The number of nitrogens with one attached hydrogen (secondary N) is 1. The maximum atomic E-state index is 3.55. The van der Waals surface area contributed by atoms with Crippen LogP contribution >= 0.6 is 0 Å². The molecule has 0 saturated heterocycles. The zero-order valence-electron chi connectivity index (χ0n) is 9.82. The van der Waals surface area contributed by atoms with Crippen molar-refractivity contribution in [3.63, 3.8) is 0 Å². The molecule has 0 radical (unpaired) electrons. The van der Waals surface area contributed by atoms with Crippen LogP contribution in [0, 0.1) is 0 Å². The van der Waals surface area contributed by atoms with Crippen LogP contribution in [-0.4, -0.2) is 6.04 Å². The molecule has 0 spiro atoms. The number of hydrogen-bond acceptors (Lipinski definition) is 1. The molecule has 0 saturated carbocycles. The monoisotopic (exact) mass is 215 g/mol. The van der Waals surface area contributed by atoms with Gasteiger partial charge in [-0.25, -0.2) is 0 Å². The summed E-state index contributed by atoms with van der Waals surface area (Å²) in [7, 11) is 0. The minimum absolute atomic E-state index is 0. The quantitative estimate of drug-likeness (QED) is 0.807. The highest BCUT2D eigenvalue weighted by atomic mass is 14.9. The van der Waals surface area contributed by atoms with E-state index in [2.05, 4.69) is 60.8 Å². The van der Waals surface area contributed by atoms with Gasteiger partial charge in [0.05, 0.1) is 0 Å². The van der Waals surface area contributed by atoms with Crippen LogP contribution in [0.2, 0.25) is 0 Å². The Kier molecular flexibility index (Phi) is 3.95. The summed E-state index contributed by atoms with van der Waals surface area (Å²) in [5.41, 5.74) is 2.76. The fourth-order valence-electron chi connectivity index (χ4n) is 1.94. The van der Waals surface area contributed by atoms with Crippen molar-refractivity contribution in [1.82, 2.24) is 5.32 Å². The first kappa shape index (κ1) is 11.2. The van der Waals surface area contributed by atoms with Gasteiger partial charge in [0.15, 0.2) is 0 Å². The Labute approximate surface area is 99.4 Å². The van der Waals surface area contributed by atoms with E-state index < -0.39 is 0 Å². The zero-order valence-corrected chi connectivity index (χ0v) is 9.82. The first-order valence-corrected chi connectivity index (χ1v) is 6.00. The number of rotatable bonds is 4. The van der Waals surface area contributed by atoms with Crippen molar-refractivity contribution in [2.24, 2.45) is 0 Å². The van der Waals surface area contributed by atoms with Crippen molar-refractivity contribution in [1.29, 1.82) is 0 Å². The van der Waals surface area contributed by atoms with Crippen LogP contribution in [0.15, 0.2) is 54.1 Å². The number of benzene rings is 1. The third kappa shape index (κ3) is 3.07. The van der Waals surface area contributed by atoms with Gasteiger partial charge in [-0.1, -0.05) is 48.6 Å². The summed E-state index contributed by atoms with van der Waals surface area (Å²) < 4.78 is 0. The molecular weight excluding hydrogens is 194 g/mol. The molecule has 0 amide bonds. The maximum Gasteiger partial charge on any atom is 0.0291 e. The Bertz CT molecular complexity index is 381. The minimum Gasteiger partial charge on any atom is -0.306 e. The predicted molar refractivity (Wildman–Crippen MR) is 71.3 cm³/mol. The van der Waals surface area contributed by atoms with E-state index in [0.717, 1.165) is 6.54 Å². The van der Waals surface area contributed by atoms with Gasteiger partial charge in [0.25, 0.3) is 0 Å². The van der Waals surface area contributed by atoms with Crippen LogP contribution in [0.1, 0.15) is 26.8 Å². The SMILES string of the molecule is C[C@@H](NCc1ccccc1)C1=CCCC=C1.[HH]. The van der Waals surface area contributed by atoms with E-state index in [-0.39, 0.29) is 1.43 Å². The summed E-state index contributed by atoms with van der Waals surface area (Å²) in [6, 6.07) is 11.0. The van der Waals surface area contributed by atoms with Gasteiger partial charge in [-0.3, -0.25) is 0 Å². The van der Waals surface area contributed by atoms with Crippen molar-refractivity contribution in [3.05, 3.63) is 59.7 Å². The lowest BCUT2D eigenvalue weighted by Crippen LogP contribution is -2.27. The predicted octanol–water partition coefficient (Wildman–Crippen LogP) is 3.69. The molecule has 0 unspecified atom stereocenters. The first-order valence-electron chi connectivity index (χ1n) is 6.00. The van der Waals surface area contributed by atoms with Crippen LogP contribution in [0.4, 0.5) is 0 Å². The van der Waals surface area contributed by atoms with Crippen molar-refractivity contribution in [3.8, 4) is 0 Å². The molecule has 1 aliphatic rings. The van der Waals surface area contributed by atoms with Crippen LogP contribution in [0.3, 0.4) is 0 Å². The van der Waals surface area contributed by atoms with E-state index in [4.69, 9.17) is 0 Å². The Hall–Kier alpha value is -1.34. The average molecular weight is 215 g/mol.